The Morgan fingerprint density at radius 2 is 1.70 bits per heavy atom. The Morgan fingerprint density at radius 1 is 1.00 bits per heavy atom. The molecule has 0 bridgehead atoms. The normalized spacial score (nSPS) is 20.2. The van der Waals surface area contributed by atoms with Gasteiger partial charge in [-0.05, 0) is 85.0 Å². The molecule has 3 aromatic rings. The third-order valence-corrected chi connectivity index (χ3v) is 9.55. The van der Waals surface area contributed by atoms with E-state index in [4.69, 9.17) is 4.74 Å². The Kier molecular flexibility index (Phi) is 16.8. The molecule has 0 spiro atoms. The molecule has 3 atom stereocenters. The summed E-state index contributed by atoms with van der Waals surface area (Å²) in [5.74, 6) is 5.09. The maximum absolute atomic E-state index is 5.32. The first-order valence-corrected chi connectivity index (χ1v) is 17.5. The van der Waals surface area contributed by atoms with Crippen molar-refractivity contribution in [3.05, 3.63) is 78.4 Å². The molecule has 0 N–H and O–H groups in total. The number of hydrogen-bond donors (Lipinski definition) is 0. The molecule has 252 valence electrons. The van der Waals surface area contributed by atoms with Gasteiger partial charge in [-0.3, -0.25) is 0 Å². The van der Waals surface area contributed by atoms with E-state index in [0.29, 0.717) is 17.7 Å². The van der Waals surface area contributed by atoms with E-state index in [1.807, 2.05) is 31.2 Å². The zero-order chi connectivity index (χ0) is 34.2. The lowest BCUT2D eigenvalue weighted by Gasteiger charge is -2.48. The quantitative estimate of drug-likeness (QED) is 0.0869. The molecule has 0 aliphatic heterocycles. The van der Waals surface area contributed by atoms with Crippen LogP contribution in [0.4, 0.5) is 0 Å². The first-order valence-electron chi connectivity index (χ1n) is 17.5. The van der Waals surface area contributed by atoms with Gasteiger partial charge in [-0.25, -0.2) is 14.6 Å². The lowest BCUT2D eigenvalue weighted by Crippen LogP contribution is -2.39. The molecular weight excluding hydrogens is 564 g/mol. The largest absolute Gasteiger partial charge is 0.468 e. The zero-order valence-electron chi connectivity index (χ0n) is 30.8. The Hall–Kier alpha value is -3.47. The zero-order valence-corrected chi connectivity index (χ0v) is 30.8. The summed E-state index contributed by atoms with van der Waals surface area (Å²) in [6, 6.07) is 17.4. The van der Waals surface area contributed by atoms with Crippen LogP contribution >= 0.6 is 0 Å². The third kappa shape index (κ3) is 11.1. The summed E-state index contributed by atoms with van der Waals surface area (Å²) in [6.07, 6.45) is 12.2. The van der Waals surface area contributed by atoms with E-state index < -0.39 is 0 Å². The number of rotatable bonds is 12. The number of aryl methyl sites for hydroxylation is 1. The van der Waals surface area contributed by atoms with E-state index in [9.17, 15) is 0 Å². The number of para-hydroxylation sites is 2. The molecule has 0 amide bonds. The molecule has 1 heterocycles. The SMILES string of the molecule is C=C(/N=C\N=C(C)C(C)CC)n1c(OC)nc2ccccc21.CCCC/C=C\C(C)C.CCc1cccc(C2C(C)C(C)C2C)c1. The van der Waals surface area contributed by atoms with Gasteiger partial charge in [0.25, 0.3) is 0 Å². The van der Waals surface area contributed by atoms with E-state index >= 15 is 0 Å². The van der Waals surface area contributed by atoms with Crippen molar-refractivity contribution in [2.45, 2.75) is 107 Å². The average molecular weight is 627 g/mol. The van der Waals surface area contributed by atoms with Gasteiger partial charge in [0.15, 0.2) is 0 Å². The molecule has 2 aromatic carbocycles. The number of unbranched alkanes of at least 4 members (excludes halogenated alkanes) is 2. The maximum Gasteiger partial charge on any atom is 0.303 e. The second-order valence-electron chi connectivity index (χ2n) is 13.2. The minimum absolute atomic E-state index is 0.448. The molecule has 5 nitrogen and oxygen atoms in total. The van der Waals surface area contributed by atoms with Gasteiger partial charge in [0, 0.05) is 5.71 Å². The highest BCUT2D eigenvalue weighted by molar-refractivity contribution is 5.91. The van der Waals surface area contributed by atoms with Crippen molar-refractivity contribution in [2.24, 2.45) is 39.6 Å². The standard InChI is InChI=1S/C17H22N4O.C15H22.C9H18/c1-6-12(2)13(3)18-11-19-14(4)21-16-10-8-7-9-15(16)20-17(21)22-5;1-5-13-7-6-8-14(9-13)15-11(3)10(2)12(15)4;1-4-5-6-7-8-9(2)3/h7-12H,4,6H2,1-3,5H3;6-12,15H,5H2,1-4H3;7-9H,4-6H2,1-3H3/b18-13?,19-11-;;8-7-. The van der Waals surface area contributed by atoms with Crippen LogP contribution in [0.2, 0.25) is 0 Å². The van der Waals surface area contributed by atoms with E-state index in [1.54, 1.807) is 17.2 Å². The van der Waals surface area contributed by atoms with Crippen LogP contribution in [0.5, 0.6) is 6.01 Å². The fraction of sp³-hybridized carbons (Fsp3) is 0.537. The van der Waals surface area contributed by atoms with E-state index in [-0.39, 0.29) is 0 Å². The number of ether oxygens (including phenoxy) is 1. The van der Waals surface area contributed by atoms with Crippen LogP contribution in [0, 0.1) is 29.6 Å². The number of nitrogens with zero attached hydrogens (tertiary/aromatic N) is 4. The second-order valence-corrected chi connectivity index (χ2v) is 13.2. The Bertz CT molecular complexity index is 1420. The summed E-state index contributed by atoms with van der Waals surface area (Å²) < 4.78 is 7.09. The van der Waals surface area contributed by atoms with Crippen molar-refractivity contribution in [2.75, 3.05) is 7.11 Å². The summed E-state index contributed by atoms with van der Waals surface area (Å²) in [4.78, 5) is 13.1. The minimum atomic E-state index is 0.448. The van der Waals surface area contributed by atoms with Crippen LogP contribution in [0.3, 0.4) is 0 Å². The van der Waals surface area contributed by atoms with E-state index in [0.717, 1.165) is 59.2 Å². The Labute approximate surface area is 281 Å². The molecule has 4 rings (SSSR count). The van der Waals surface area contributed by atoms with E-state index in [1.165, 1.54) is 31.2 Å². The molecule has 5 heteroatoms. The second kappa shape index (κ2) is 19.9. The fourth-order valence-corrected chi connectivity index (χ4v) is 5.84. The summed E-state index contributed by atoms with van der Waals surface area (Å²) in [5.41, 5.74) is 5.85. The molecule has 3 unspecified atom stereocenters. The summed E-state index contributed by atoms with van der Waals surface area (Å²) in [7, 11) is 1.58. The molecule has 1 aliphatic carbocycles. The number of aromatic nitrogens is 2. The smallest absolute Gasteiger partial charge is 0.303 e. The van der Waals surface area contributed by atoms with Crippen molar-refractivity contribution in [1.82, 2.24) is 9.55 Å². The van der Waals surface area contributed by atoms with E-state index in [2.05, 4.69) is 120 Å². The molecule has 1 saturated carbocycles. The first-order chi connectivity index (χ1) is 22.0. The van der Waals surface area contributed by atoms with Crippen LogP contribution in [0.15, 0.2) is 77.2 Å². The van der Waals surface area contributed by atoms with Crippen molar-refractivity contribution >= 4 is 28.9 Å². The van der Waals surface area contributed by atoms with Crippen molar-refractivity contribution < 1.29 is 4.74 Å². The van der Waals surface area contributed by atoms with Gasteiger partial charge in [-0.1, -0.05) is 130 Å². The van der Waals surface area contributed by atoms with Crippen LogP contribution in [-0.4, -0.2) is 28.7 Å². The van der Waals surface area contributed by atoms with Crippen LogP contribution < -0.4 is 4.74 Å². The molecule has 0 radical (unpaired) electrons. The van der Waals surface area contributed by atoms with Gasteiger partial charge < -0.3 is 4.74 Å². The topological polar surface area (TPSA) is 51.8 Å². The van der Waals surface area contributed by atoms with Gasteiger partial charge in [0.05, 0.1) is 18.1 Å². The number of fused-ring (bicyclic) bond motifs is 1. The molecular formula is C41H62N4O. The summed E-state index contributed by atoms with van der Waals surface area (Å²) in [6.45, 7) is 26.3. The highest BCUT2D eigenvalue weighted by Crippen LogP contribution is 2.51. The monoisotopic (exact) mass is 626 g/mol. The number of methoxy groups -OCH3 is 1. The van der Waals surface area contributed by atoms with Crippen molar-refractivity contribution in [1.29, 1.82) is 0 Å². The Balaban J connectivity index is 0.000000265. The number of allylic oxidation sites excluding steroid dienone is 2. The summed E-state index contributed by atoms with van der Waals surface area (Å²) in [5, 5.41) is 0. The first kappa shape index (κ1) is 38.7. The van der Waals surface area contributed by atoms with Crippen molar-refractivity contribution in [3.8, 4) is 6.01 Å². The summed E-state index contributed by atoms with van der Waals surface area (Å²) >= 11 is 0. The molecule has 1 aromatic heterocycles. The predicted molar refractivity (Wildman–Crippen MR) is 202 cm³/mol. The Morgan fingerprint density at radius 3 is 2.30 bits per heavy atom. The van der Waals surface area contributed by atoms with Crippen LogP contribution in [0.1, 0.15) is 112 Å². The van der Waals surface area contributed by atoms with Gasteiger partial charge in [-0.2, -0.15) is 4.98 Å². The molecule has 1 aliphatic rings. The number of benzene rings is 2. The number of aliphatic imine (C=N–C) groups is 2. The van der Waals surface area contributed by atoms with Gasteiger partial charge in [0.1, 0.15) is 12.2 Å². The number of hydrogen-bond acceptors (Lipinski definition) is 3. The van der Waals surface area contributed by atoms with Crippen LogP contribution in [0.25, 0.3) is 16.9 Å². The van der Waals surface area contributed by atoms with Crippen LogP contribution in [-0.2, 0) is 6.42 Å². The molecule has 0 saturated heterocycles. The van der Waals surface area contributed by atoms with Gasteiger partial charge in [0.2, 0.25) is 0 Å². The maximum atomic E-state index is 5.32. The highest BCUT2D eigenvalue weighted by Gasteiger charge is 2.42. The number of imidazole rings is 1. The molecule has 1 fully saturated rings. The minimum Gasteiger partial charge on any atom is -0.468 e. The van der Waals surface area contributed by atoms with Gasteiger partial charge >= 0.3 is 6.01 Å². The predicted octanol–water partition coefficient (Wildman–Crippen LogP) is 11.7. The lowest BCUT2D eigenvalue weighted by atomic mass is 9.56. The lowest BCUT2D eigenvalue weighted by molar-refractivity contribution is 0.0756. The molecule has 46 heavy (non-hydrogen) atoms. The third-order valence-electron chi connectivity index (χ3n) is 9.55. The van der Waals surface area contributed by atoms with Gasteiger partial charge in [-0.15, -0.1) is 0 Å². The highest BCUT2D eigenvalue weighted by atomic mass is 16.5. The average Bonchev–Trinajstić information content (AvgIpc) is 3.45. The van der Waals surface area contributed by atoms with Crippen molar-refractivity contribution in [3.63, 3.8) is 0 Å². The fourth-order valence-electron chi connectivity index (χ4n) is 5.84.